The maximum Gasteiger partial charge on any atom is 0.219 e. The van der Waals surface area contributed by atoms with Gasteiger partial charge in [0.1, 0.15) is 5.75 Å². The Bertz CT molecular complexity index is 820. The number of nitrogens with zero attached hydrogens (tertiary/aromatic N) is 1. The van der Waals surface area contributed by atoms with E-state index in [2.05, 4.69) is 38.1 Å². The lowest BCUT2D eigenvalue weighted by molar-refractivity contribution is -0.129. The predicted molar refractivity (Wildman–Crippen MR) is 125 cm³/mol. The topological polar surface area (TPSA) is 38.8 Å². The first kappa shape index (κ1) is 23.3. The summed E-state index contributed by atoms with van der Waals surface area (Å²) in [6.07, 6.45) is 4.08. The second-order valence-corrected chi connectivity index (χ2v) is 9.00. The Balaban J connectivity index is 1.78. The van der Waals surface area contributed by atoms with E-state index < -0.39 is 0 Å². The van der Waals surface area contributed by atoms with Crippen LogP contribution in [0, 0.1) is 5.92 Å². The van der Waals surface area contributed by atoms with E-state index in [0.717, 1.165) is 44.6 Å². The third kappa shape index (κ3) is 6.33. The van der Waals surface area contributed by atoms with Crippen LogP contribution >= 0.6 is 0 Å². The molecule has 0 bridgehead atoms. The fraction of sp³-hybridized carbons (Fsp3) is 0.519. The molecular formula is C27H37NO3. The number of hydrogen-bond donors (Lipinski definition) is 0. The smallest absolute Gasteiger partial charge is 0.219 e. The SMILES string of the molecule is CC[C@@]1(C)C[C@@H]([C@H](CCN(Cc2ccccc2)C(C)=O)c2ccc(OC)cc2)CCO1. The van der Waals surface area contributed by atoms with E-state index in [1.165, 1.54) is 11.1 Å². The highest BCUT2D eigenvalue weighted by Gasteiger charge is 2.36. The lowest BCUT2D eigenvalue weighted by Gasteiger charge is -2.41. The van der Waals surface area contributed by atoms with Crippen molar-refractivity contribution < 1.29 is 14.3 Å². The minimum Gasteiger partial charge on any atom is -0.497 e. The summed E-state index contributed by atoms with van der Waals surface area (Å²) in [4.78, 5) is 14.4. The van der Waals surface area contributed by atoms with Gasteiger partial charge >= 0.3 is 0 Å². The van der Waals surface area contributed by atoms with Crippen molar-refractivity contribution in [1.82, 2.24) is 4.90 Å². The molecule has 2 aromatic rings. The zero-order chi connectivity index (χ0) is 22.3. The van der Waals surface area contributed by atoms with Crippen molar-refractivity contribution in [3.8, 4) is 5.75 Å². The molecule has 0 saturated carbocycles. The Hall–Kier alpha value is -2.33. The third-order valence-corrected chi connectivity index (χ3v) is 6.87. The molecule has 168 valence electrons. The van der Waals surface area contributed by atoms with E-state index in [1.54, 1.807) is 14.0 Å². The largest absolute Gasteiger partial charge is 0.497 e. The fourth-order valence-electron chi connectivity index (χ4n) is 4.73. The van der Waals surface area contributed by atoms with Crippen LogP contribution in [0.1, 0.15) is 63.5 Å². The lowest BCUT2D eigenvalue weighted by Crippen LogP contribution is -2.39. The van der Waals surface area contributed by atoms with E-state index >= 15 is 0 Å². The van der Waals surface area contributed by atoms with Gasteiger partial charge in [-0.1, -0.05) is 49.4 Å². The molecule has 1 saturated heterocycles. The highest BCUT2D eigenvalue weighted by molar-refractivity contribution is 5.73. The first-order valence-corrected chi connectivity index (χ1v) is 11.5. The normalized spacial score (nSPS) is 22.0. The molecule has 2 aromatic carbocycles. The first-order valence-electron chi connectivity index (χ1n) is 11.5. The number of benzene rings is 2. The van der Waals surface area contributed by atoms with Crippen molar-refractivity contribution in [2.24, 2.45) is 5.92 Å². The molecule has 1 heterocycles. The van der Waals surface area contributed by atoms with Crippen LogP contribution in [0.3, 0.4) is 0 Å². The minimum absolute atomic E-state index is 0.0576. The molecule has 3 rings (SSSR count). The second-order valence-electron chi connectivity index (χ2n) is 9.00. The molecule has 1 aliphatic rings. The monoisotopic (exact) mass is 423 g/mol. The van der Waals surface area contributed by atoms with Crippen LogP contribution in [0.2, 0.25) is 0 Å². The summed E-state index contributed by atoms with van der Waals surface area (Å²) in [7, 11) is 1.70. The van der Waals surface area contributed by atoms with Gasteiger partial charge in [0.25, 0.3) is 0 Å². The highest BCUT2D eigenvalue weighted by Crippen LogP contribution is 2.41. The molecule has 1 aliphatic heterocycles. The van der Waals surface area contributed by atoms with E-state index in [0.29, 0.717) is 18.4 Å². The van der Waals surface area contributed by atoms with Gasteiger partial charge in [-0.3, -0.25) is 4.79 Å². The summed E-state index contributed by atoms with van der Waals surface area (Å²) in [6, 6.07) is 18.7. The van der Waals surface area contributed by atoms with Crippen LogP contribution in [-0.4, -0.2) is 36.7 Å². The summed E-state index contributed by atoms with van der Waals surface area (Å²) in [5.74, 6) is 1.93. The number of ether oxygens (including phenoxy) is 2. The van der Waals surface area contributed by atoms with Gasteiger partial charge in [0, 0.05) is 26.6 Å². The average Bonchev–Trinajstić information content (AvgIpc) is 2.79. The number of carbonyl (C=O) groups excluding carboxylic acids is 1. The Morgan fingerprint density at radius 1 is 1.19 bits per heavy atom. The molecule has 0 spiro atoms. The van der Waals surface area contributed by atoms with Gasteiger partial charge < -0.3 is 14.4 Å². The number of amides is 1. The van der Waals surface area contributed by atoms with Gasteiger partial charge in [-0.15, -0.1) is 0 Å². The number of hydrogen-bond acceptors (Lipinski definition) is 3. The summed E-state index contributed by atoms with van der Waals surface area (Å²) in [5, 5.41) is 0. The Morgan fingerprint density at radius 2 is 1.90 bits per heavy atom. The van der Waals surface area contributed by atoms with Crippen molar-refractivity contribution in [2.75, 3.05) is 20.3 Å². The maximum absolute atomic E-state index is 12.4. The van der Waals surface area contributed by atoms with Crippen molar-refractivity contribution >= 4 is 5.91 Å². The number of carbonyl (C=O) groups is 1. The molecule has 1 amide bonds. The first-order chi connectivity index (χ1) is 14.9. The summed E-state index contributed by atoms with van der Waals surface area (Å²) >= 11 is 0. The molecule has 4 nitrogen and oxygen atoms in total. The molecular weight excluding hydrogens is 386 g/mol. The molecule has 0 aliphatic carbocycles. The second kappa shape index (κ2) is 10.8. The van der Waals surface area contributed by atoms with E-state index in [1.807, 2.05) is 35.2 Å². The van der Waals surface area contributed by atoms with Gasteiger partial charge in [0.2, 0.25) is 5.91 Å². The molecule has 0 radical (unpaired) electrons. The summed E-state index contributed by atoms with van der Waals surface area (Å²) in [6.45, 7) is 8.34. The van der Waals surface area contributed by atoms with Crippen molar-refractivity contribution in [1.29, 1.82) is 0 Å². The molecule has 0 N–H and O–H groups in total. The molecule has 0 aromatic heterocycles. The molecule has 1 fully saturated rings. The summed E-state index contributed by atoms with van der Waals surface area (Å²) in [5.41, 5.74) is 2.44. The number of rotatable bonds is 9. The van der Waals surface area contributed by atoms with Crippen LogP contribution in [0.5, 0.6) is 5.75 Å². The Labute approximate surface area is 187 Å². The van der Waals surface area contributed by atoms with Crippen LogP contribution in [0.15, 0.2) is 54.6 Å². The maximum atomic E-state index is 12.4. The fourth-order valence-corrected chi connectivity index (χ4v) is 4.73. The van der Waals surface area contributed by atoms with Crippen molar-refractivity contribution in [2.45, 2.75) is 64.5 Å². The highest BCUT2D eigenvalue weighted by atomic mass is 16.5. The average molecular weight is 424 g/mol. The quantitative estimate of drug-likeness (QED) is 0.511. The van der Waals surface area contributed by atoms with Crippen LogP contribution < -0.4 is 4.74 Å². The number of methoxy groups -OCH3 is 1. The van der Waals surface area contributed by atoms with Gasteiger partial charge in [-0.05, 0) is 67.7 Å². The van der Waals surface area contributed by atoms with Crippen molar-refractivity contribution in [3.05, 3.63) is 65.7 Å². The van der Waals surface area contributed by atoms with Gasteiger partial charge in [-0.25, -0.2) is 0 Å². The van der Waals surface area contributed by atoms with Crippen molar-refractivity contribution in [3.63, 3.8) is 0 Å². The van der Waals surface area contributed by atoms with Crippen LogP contribution in [-0.2, 0) is 16.1 Å². The van der Waals surface area contributed by atoms with Gasteiger partial charge in [-0.2, -0.15) is 0 Å². The molecule has 3 atom stereocenters. The van der Waals surface area contributed by atoms with E-state index in [4.69, 9.17) is 9.47 Å². The lowest BCUT2D eigenvalue weighted by atomic mass is 9.74. The van der Waals surface area contributed by atoms with E-state index in [-0.39, 0.29) is 11.5 Å². The Morgan fingerprint density at radius 3 is 2.52 bits per heavy atom. The van der Waals surface area contributed by atoms with Gasteiger partial charge in [0.15, 0.2) is 0 Å². The minimum atomic E-state index is -0.0576. The summed E-state index contributed by atoms with van der Waals surface area (Å²) < 4.78 is 11.5. The molecule has 4 heteroatoms. The van der Waals surface area contributed by atoms with Crippen LogP contribution in [0.25, 0.3) is 0 Å². The third-order valence-electron chi connectivity index (χ3n) is 6.87. The van der Waals surface area contributed by atoms with Crippen LogP contribution in [0.4, 0.5) is 0 Å². The zero-order valence-corrected chi connectivity index (χ0v) is 19.5. The predicted octanol–water partition coefficient (Wildman–Crippen LogP) is 5.81. The molecule has 31 heavy (non-hydrogen) atoms. The molecule has 0 unspecified atom stereocenters. The zero-order valence-electron chi connectivity index (χ0n) is 19.5. The van der Waals surface area contributed by atoms with E-state index in [9.17, 15) is 4.79 Å². The van der Waals surface area contributed by atoms with Gasteiger partial charge in [0.05, 0.1) is 12.7 Å². The Kier molecular flexibility index (Phi) is 8.14. The standard InChI is InChI=1S/C27H37NO3/c1-5-27(3)19-24(16-18-31-27)26(23-11-13-25(30-4)14-12-23)15-17-28(21(2)29)20-22-9-7-6-8-10-22/h6-14,24,26H,5,15-20H2,1-4H3/t24-,26+,27-/m0/s1.